The molecule has 7 heteroatoms. The fraction of sp³-hybridized carbons (Fsp3) is 0.346. The van der Waals surface area contributed by atoms with Crippen molar-refractivity contribution < 1.29 is 13.9 Å². The number of aryl methyl sites for hydroxylation is 1. The van der Waals surface area contributed by atoms with E-state index in [1.807, 2.05) is 19.1 Å². The topological polar surface area (TPSA) is 67.3 Å². The van der Waals surface area contributed by atoms with Gasteiger partial charge in [0.2, 0.25) is 0 Å². The van der Waals surface area contributed by atoms with Crippen LogP contribution in [0.2, 0.25) is 0 Å². The molecule has 1 saturated heterocycles. The Morgan fingerprint density at radius 2 is 1.97 bits per heavy atom. The zero-order chi connectivity index (χ0) is 23.2. The Balaban J connectivity index is 1.49. The number of nitrogens with zero attached hydrogens (tertiary/aromatic N) is 3. The minimum absolute atomic E-state index is 0.0905. The lowest BCUT2D eigenvalue weighted by atomic mass is 10.00. The Morgan fingerprint density at radius 1 is 1.18 bits per heavy atom. The molecule has 0 aliphatic carbocycles. The van der Waals surface area contributed by atoms with Crippen molar-refractivity contribution in [2.24, 2.45) is 0 Å². The number of anilines is 1. The summed E-state index contributed by atoms with van der Waals surface area (Å²) >= 11 is 0. The summed E-state index contributed by atoms with van der Waals surface area (Å²) in [5.41, 5.74) is 2.28. The van der Waals surface area contributed by atoms with Gasteiger partial charge in [-0.15, -0.1) is 0 Å². The summed E-state index contributed by atoms with van der Waals surface area (Å²) in [5.74, 6) is 0.701. The summed E-state index contributed by atoms with van der Waals surface area (Å²) in [7, 11) is 0. The van der Waals surface area contributed by atoms with Gasteiger partial charge in [-0.2, -0.15) is 0 Å². The Morgan fingerprint density at radius 3 is 2.70 bits per heavy atom. The van der Waals surface area contributed by atoms with Crippen LogP contribution in [0.5, 0.6) is 5.75 Å². The SMILES string of the molecule is CCOc1ccc(CN2CCCCC2c2ncc(C(=O)Nc3ccccc3F)c(C)n2)cc1. The van der Waals surface area contributed by atoms with E-state index in [2.05, 4.69) is 32.3 Å². The van der Waals surface area contributed by atoms with Gasteiger partial charge in [-0.3, -0.25) is 9.69 Å². The molecule has 2 aromatic carbocycles. The van der Waals surface area contributed by atoms with Gasteiger partial charge < -0.3 is 10.1 Å². The van der Waals surface area contributed by atoms with Gasteiger partial charge >= 0.3 is 0 Å². The summed E-state index contributed by atoms with van der Waals surface area (Å²) < 4.78 is 19.4. The average molecular weight is 449 g/mol. The summed E-state index contributed by atoms with van der Waals surface area (Å²) in [6.45, 7) is 6.19. The van der Waals surface area contributed by atoms with Crippen LogP contribution < -0.4 is 10.1 Å². The van der Waals surface area contributed by atoms with E-state index in [1.165, 1.54) is 17.7 Å². The van der Waals surface area contributed by atoms with Crippen molar-refractivity contribution in [1.82, 2.24) is 14.9 Å². The van der Waals surface area contributed by atoms with E-state index in [4.69, 9.17) is 4.74 Å². The van der Waals surface area contributed by atoms with Crippen molar-refractivity contribution in [3.05, 3.63) is 83.2 Å². The maximum Gasteiger partial charge on any atom is 0.259 e. The fourth-order valence-electron chi connectivity index (χ4n) is 4.19. The minimum atomic E-state index is -0.479. The predicted octanol–water partition coefficient (Wildman–Crippen LogP) is 5.30. The Hall–Kier alpha value is -3.32. The number of benzene rings is 2. The van der Waals surface area contributed by atoms with E-state index in [9.17, 15) is 9.18 Å². The van der Waals surface area contributed by atoms with Crippen molar-refractivity contribution in [2.45, 2.75) is 45.7 Å². The lowest BCUT2D eigenvalue weighted by molar-refractivity contribution is 0.102. The van der Waals surface area contributed by atoms with E-state index in [0.717, 1.165) is 43.9 Å². The van der Waals surface area contributed by atoms with Crippen LogP contribution in [0.4, 0.5) is 10.1 Å². The molecule has 3 aromatic rings. The van der Waals surface area contributed by atoms with E-state index in [0.29, 0.717) is 17.9 Å². The largest absolute Gasteiger partial charge is 0.494 e. The number of halogens is 1. The molecular formula is C26H29FN4O2. The molecule has 4 rings (SSSR count). The second-order valence-corrected chi connectivity index (χ2v) is 8.22. The van der Waals surface area contributed by atoms with E-state index >= 15 is 0 Å². The number of carbonyl (C=O) groups excluding carboxylic acids is 1. The maximum absolute atomic E-state index is 13.9. The van der Waals surface area contributed by atoms with Crippen LogP contribution in [0, 0.1) is 12.7 Å². The number of hydrogen-bond donors (Lipinski definition) is 1. The van der Waals surface area contributed by atoms with Gasteiger partial charge in [-0.25, -0.2) is 14.4 Å². The highest BCUT2D eigenvalue weighted by atomic mass is 19.1. The molecule has 0 bridgehead atoms. The summed E-state index contributed by atoms with van der Waals surface area (Å²) in [6.07, 6.45) is 4.77. The van der Waals surface area contributed by atoms with Gasteiger partial charge in [0.1, 0.15) is 17.4 Å². The molecule has 6 nitrogen and oxygen atoms in total. The van der Waals surface area contributed by atoms with Gasteiger partial charge in [-0.1, -0.05) is 30.7 Å². The van der Waals surface area contributed by atoms with E-state index in [-0.39, 0.29) is 11.7 Å². The normalized spacial score (nSPS) is 16.4. The fourth-order valence-corrected chi connectivity index (χ4v) is 4.19. The zero-order valence-electron chi connectivity index (χ0n) is 19.1. The van der Waals surface area contributed by atoms with Crippen molar-refractivity contribution >= 4 is 11.6 Å². The van der Waals surface area contributed by atoms with Gasteiger partial charge in [0.15, 0.2) is 0 Å². The standard InChI is InChI=1S/C26H29FN4O2/c1-3-33-20-13-11-19(12-14-20)17-31-15-7-6-10-24(31)25-28-16-21(18(2)29-25)26(32)30-23-9-5-4-8-22(23)27/h4-5,8-9,11-14,16,24H,3,6-7,10,15,17H2,1-2H3,(H,30,32). The lowest BCUT2D eigenvalue weighted by Crippen LogP contribution is -2.34. The molecule has 33 heavy (non-hydrogen) atoms. The van der Waals surface area contributed by atoms with Crippen LogP contribution in [-0.4, -0.2) is 33.9 Å². The van der Waals surface area contributed by atoms with E-state index in [1.54, 1.807) is 25.3 Å². The number of aromatic nitrogens is 2. The van der Waals surface area contributed by atoms with Gasteiger partial charge in [-0.05, 0) is 63.1 Å². The van der Waals surface area contributed by atoms with Crippen LogP contribution in [0.25, 0.3) is 0 Å². The monoisotopic (exact) mass is 448 g/mol. The quantitative estimate of drug-likeness (QED) is 0.531. The molecule has 0 radical (unpaired) electrons. The summed E-state index contributed by atoms with van der Waals surface area (Å²) in [4.78, 5) is 24.3. The minimum Gasteiger partial charge on any atom is -0.494 e. The van der Waals surface area contributed by atoms with Gasteiger partial charge in [0.05, 0.1) is 29.6 Å². The molecule has 1 aliphatic heterocycles. The molecule has 1 N–H and O–H groups in total. The van der Waals surface area contributed by atoms with Crippen LogP contribution in [0.1, 0.15) is 59.7 Å². The molecule has 1 aromatic heterocycles. The highest BCUT2D eigenvalue weighted by Crippen LogP contribution is 2.31. The van der Waals surface area contributed by atoms with Crippen molar-refractivity contribution in [3.63, 3.8) is 0 Å². The first kappa shape index (κ1) is 22.9. The number of likely N-dealkylation sites (tertiary alicyclic amines) is 1. The molecule has 0 saturated carbocycles. The molecule has 1 fully saturated rings. The number of hydrogen-bond acceptors (Lipinski definition) is 5. The third-order valence-electron chi connectivity index (χ3n) is 5.90. The number of piperidine rings is 1. The van der Waals surface area contributed by atoms with Crippen LogP contribution in [-0.2, 0) is 6.54 Å². The summed E-state index contributed by atoms with van der Waals surface area (Å²) in [6, 6.07) is 14.4. The number of para-hydroxylation sites is 1. The van der Waals surface area contributed by atoms with Crippen LogP contribution in [0.15, 0.2) is 54.7 Å². The average Bonchev–Trinajstić information content (AvgIpc) is 2.82. The van der Waals surface area contributed by atoms with Gasteiger partial charge in [0.25, 0.3) is 5.91 Å². The molecule has 2 heterocycles. The molecule has 172 valence electrons. The number of ether oxygens (including phenoxy) is 1. The van der Waals surface area contributed by atoms with Crippen molar-refractivity contribution in [1.29, 1.82) is 0 Å². The molecule has 1 aliphatic rings. The third kappa shape index (κ3) is 5.54. The van der Waals surface area contributed by atoms with Crippen molar-refractivity contribution in [2.75, 3.05) is 18.5 Å². The highest BCUT2D eigenvalue weighted by molar-refractivity contribution is 6.04. The Bertz CT molecular complexity index is 1100. The molecular weight excluding hydrogens is 419 g/mol. The molecule has 0 spiro atoms. The van der Waals surface area contributed by atoms with Crippen molar-refractivity contribution in [3.8, 4) is 5.75 Å². The Kier molecular flexibility index (Phi) is 7.29. The third-order valence-corrected chi connectivity index (χ3v) is 5.90. The summed E-state index contributed by atoms with van der Waals surface area (Å²) in [5, 5.41) is 2.61. The highest BCUT2D eigenvalue weighted by Gasteiger charge is 2.27. The second-order valence-electron chi connectivity index (χ2n) is 8.22. The number of amides is 1. The molecule has 1 unspecified atom stereocenters. The first-order chi connectivity index (χ1) is 16.0. The molecule has 1 atom stereocenters. The first-order valence-corrected chi connectivity index (χ1v) is 11.4. The second kappa shape index (κ2) is 10.5. The Labute approximate surface area is 193 Å². The smallest absolute Gasteiger partial charge is 0.259 e. The number of rotatable bonds is 7. The zero-order valence-corrected chi connectivity index (χ0v) is 19.1. The lowest BCUT2D eigenvalue weighted by Gasteiger charge is -2.35. The maximum atomic E-state index is 13.9. The number of carbonyl (C=O) groups is 1. The van der Waals surface area contributed by atoms with Crippen LogP contribution >= 0.6 is 0 Å². The predicted molar refractivity (Wildman–Crippen MR) is 126 cm³/mol. The van der Waals surface area contributed by atoms with Gasteiger partial charge in [0, 0.05) is 12.7 Å². The van der Waals surface area contributed by atoms with E-state index < -0.39 is 11.7 Å². The molecule has 1 amide bonds. The number of nitrogens with one attached hydrogen (secondary N) is 1. The van der Waals surface area contributed by atoms with Crippen LogP contribution in [0.3, 0.4) is 0 Å². The first-order valence-electron chi connectivity index (χ1n) is 11.4.